The molecule has 0 unspecified atom stereocenters. The van der Waals surface area contributed by atoms with Crippen LogP contribution < -0.4 is 14.2 Å². The van der Waals surface area contributed by atoms with Gasteiger partial charge in [0.2, 0.25) is 5.75 Å². The zero-order valence-electron chi connectivity index (χ0n) is 15.6. The number of ketones is 1. The molecule has 2 aromatic rings. The van der Waals surface area contributed by atoms with Crippen molar-refractivity contribution < 1.29 is 28.9 Å². The summed E-state index contributed by atoms with van der Waals surface area (Å²) in [6.07, 6.45) is 1.16. The highest BCUT2D eigenvalue weighted by Crippen LogP contribution is 2.46. The van der Waals surface area contributed by atoms with Gasteiger partial charge < -0.3 is 19.3 Å². The summed E-state index contributed by atoms with van der Waals surface area (Å²) in [7, 11) is 3.04. The molecule has 1 aliphatic rings. The summed E-state index contributed by atoms with van der Waals surface area (Å²) >= 11 is 0. The molecule has 0 fully saturated rings. The fourth-order valence-electron chi connectivity index (χ4n) is 3.28. The molecule has 2 aromatic carbocycles. The van der Waals surface area contributed by atoms with Crippen LogP contribution in [0.2, 0.25) is 0 Å². The largest absolute Gasteiger partial charge is 0.493 e. The van der Waals surface area contributed by atoms with Crippen LogP contribution in [0.4, 0.5) is 0 Å². The van der Waals surface area contributed by atoms with E-state index in [4.69, 9.17) is 19.3 Å². The van der Waals surface area contributed by atoms with E-state index in [-0.39, 0.29) is 12.4 Å². The number of fused-ring (bicyclic) bond motifs is 1. The molecule has 142 valence electrons. The quantitative estimate of drug-likeness (QED) is 0.802. The maximum Gasteiger partial charge on any atom is 0.309 e. The van der Waals surface area contributed by atoms with E-state index in [9.17, 15) is 9.59 Å². The number of ether oxygens (including phenoxy) is 3. The highest BCUT2D eigenvalue weighted by molar-refractivity contribution is 6.02. The minimum Gasteiger partial charge on any atom is -0.493 e. The minimum absolute atomic E-state index is 0.0141. The van der Waals surface area contributed by atoms with Gasteiger partial charge >= 0.3 is 5.97 Å². The lowest BCUT2D eigenvalue weighted by Crippen LogP contribution is -2.18. The van der Waals surface area contributed by atoms with Crippen molar-refractivity contribution in [3.05, 3.63) is 41.5 Å². The van der Waals surface area contributed by atoms with Gasteiger partial charge in [-0.1, -0.05) is 18.2 Å². The Morgan fingerprint density at radius 3 is 2.44 bits per heavy atom. The highest BCUT2D eigenvalue weighted by atomic mass is 16.5. The van der Waals surface area contributed by atoms with Gasteiger partial charge in [-0.25, -0.2) is 0 Å². The molecular weight excluding hydrogens is 348 g/mol. The second-order valence-electron chi connectivity index (χ2n) is 6.48. The summed E-state index contributed by atoms with van der Waals surface area (Å²) in [4.78, 5) is 23.3. The molecular formula is C21H22O6. The van der Waals surface area contributed by atoms with E-state index in [1.54, 1.807) is 13.0 Å². The van der Waals surface area contributed by atoms with Gasteiger partial charge in [0, 0.05) is 17.5 Å². The number of aliphatic carboxylic acids is 1. The molecule has 0 saturated carbocycles. The Bertz CT molecular complexity index is 886. The van der Waals surface area contributed by atoms with Gasteiger partial charge in [-0.3, -0.25) is 9.59 Å². The lowest BCUT2D eigenvalue weighted by atomic mass is 9.95. The molecule has 0 amide bonds. The Hall–Kier alpha value is -3.02. The molecule has 0 spiro atoms. The van der Waals surface area contributed by atoms with Crippen LogP contribution in [0.1, 0.15) is 29.3 Å². The maximum atomic E-state index is 12.1. The molecule has 27 heavy (non-hydrogen) atoms. The molecule has 1 atom stereocenters. The van der Waals surface area contributed by atoms with Crippen LogP contribution in [-0.4, -0.2) is 37.7 Å². The number of rotatable bonds is 7. The first-order chi connectivity index (χ1) is 13.0. The summed E-state index contributed by atoms with van der Waals surface area (Å²) in [5.41, 5.74) is 3.34. The summed E-state index contributed by atoms with van der Waals surface area (Å²) in [5, 5.41) is 9.16. The summed E-state index contributed by atoms with van der Waals surface area (Å²) in [6.45, 7) is 1.56. The fraction of sp³-hybridized carbons (Fsp3) is 0.333. The van der Waals surface area contributed by atoms with Crippen LogP contribution in [0.5, 0.6) is 17.2 Å². The third-order valence-corrected chi connectivity index (χ3v) is 4.77. The van der Waals surface area contributed by atoms with Crippen molar-refractivity contribution in [3.63, 3.8) is 0 Å². The standard InChI is InChI=1S/C21H22O6/c1-12(21(23)24)11-27-19-16(8-10-18(25-2)20(19)26-3)13-5-4-6-15-14(13)7-9-17(15)22/h4-6,8,10,12H,7,9,11H2,1-3H3,(H,23,24)/t12-/m0/s1. The molecule has 1 aliphatic carbocycles. The Labute approximate surface area is 157 Å². The van der Waals surface area contributed by atoms with E-state index in [1.807, 2.05) is 24.3 Å². The Morgan fingerprint density at radius 1 is 1.04 bits per heavy atom. The van der Waals surface area contributed by atoms with Crippen molar-refractivity contribution in [2.75, 3.05) is 20.8 Å². The number of hydrogen-bond donors (Lipinski definition) is 1. The Balaban J connectivity index is 2.13. The van der Waals surface area contributed by atoms with Crippen LogP contribution in [0, 0.1) is 5.92 Å². The van der Waals surface area contributed by atoms with Crippen LogP contribution >= 0.6 is 0 Å². The summed E-state index contributed by atoms with van der Waals surface area (Å²) < 4.78 is 16.7. The molecule has 0 aliphatic heterocycles. The molecule has 6 nitrogen and oxygen atoms in total. The van der Waals surface area contributed by atoms with Gasteiger partial charge in [0.25, 0.3) is 0 Å². The van der Waals surface area contributed by atoms with Crippen molar-refractivity contribution in [1.82, 2.24) is 0 Å². The van der Waals surface area contributed by atoms with E-state index < -0.39 is 11.9 Å². The summed E-state index contributed by atoms with van der Waals surface area (Å²) in [6, 6.07) is 9.24. The topological polar surface area (TPSA) is 82.1 Å². The van der Waals surface area contributed by atoms with E-state index in [2.05, 4.69) is 0 Å². The Morgan fingerprint density at radius 2 is 1.78 bits per heavy atom. The van der Waals surface area contributed by atoms with Gasteiger partial charge in [-0.15, -0.1) is 0 Å². The van der Waals surface area contributed by atoms with Crippen LogP contribution in [0.3, 0.4) is 0 Å². The van der Waals surface area contributed by atoms with Gasteiger partial charge in [0.05, 0.1) is 20.1 Å². The van der Waals surface area contributed by atoms with E-state index >= 15 is 0 Å². The van der Waals surface area contributed by atoms with Crippen LogP contribution in [0.25, 0.3) is 11.1 Å². The zero-order chi connectivity index (χ0) is 19.6. The third-order valence-electron chi connectivity index (χ3n) is 4.77. The van der Waals surface area contributed by atoms with E-state index in [0.717, 1.165) is 22.3 Å². The van der Waals surface area contributed by atoms with Crippen molar-refractivity contribution in [1.29, 1.82) is 0 Å². The van der Waals surface area contributed by atoms with E-state index in [0.29, 0.717) is 30.1 Å². The Kier molecular flexibility index (Phi) is 5.35. The van der Waals surface area contributed by atoms with Crippen molar-refractivity contribution >= 4 is 11.8 Å². The zero-order valence-corrected chi connectivity index (χ0v) is 15.6. The molecule has 0 radical (unpaired) electrons. The minimum atomic E-state index is -0.940. The molecule has 0 aromatic heterocycles. The molecule has 0 saturated heterocycles. The number of Topliss-reactive ketones (excluding diaryl/α,β-unsaturated/α-hetero) is 1. The maximum absolute atomic E-state index is 12.1. The van der Waals surface area contributed by atoms with Crippen LogP contribution in [-0.2, 0) is 11.2 Å². The number of carbonyl (C=O) groups is 2. The monoisotopic (exact) mass is 370 g/mol. The predicted octanol–water partition coefficient (Wildman–Crippen LogP) is 3.60. The number of methoxy groups -OCH3 is 2. The predicted molar refractivity (Wildman–Crippen MR) is 99.9 cm³/mol. The fourth-order valence-corrected chi connectivity index (χ4v) is 3.28. The van der Waals surface area contributed by atoms with E-state index in [1.165, 1.54) is 14.2 Å². The summed E-state index contributed by atoms with van der Waals surface area (Å²) in [5.74, 6) is -0.189. The van der Waals surface area contributed by atoms with Crippen molar-refractivity contribution in [2.45, 2.75) is 19.8 Å². The number of carboxylic acids is 1. The molecule has 3 rings (SSSR count). The molecule has 0 bridgehead atoms. The van der Waals surface area contributed by atoms with Crippen LogP contribution in [0.15, 0.2) is 30.3 Å². The number of hydrogen-bond acceptors (Lipinski definition) is 5. The SMILES string of the molecule is COc1ccc(-c2cccc3c2CCC3=O)c(OC[C@H](C)C(=O)O)c1OC. The highest BCUT2D eigenvalue weighted by Gasteiger charge is 2.26. The average molecular weight is 370 g/mol. The first-order valence-electron chi connectivity index (χ1n) is 8.74. The number of benzene rings is 2. The lowest BCUT2D eigenvalue weighted by molar-refractivity contribution is -0.142. The number of carbonyl (C=O) groups excluding carboxylic acids is 1. The van der Waals surface area contributed by atoms with Crippen molar-refractivity contribution in [3.8, 4) is 28.4 Å². The van der Waals surface area contributed by atoms with Gasteiger partial charge in [-0.2, -0.15) is 0 Å². The van der Waals surface area contributed by atoms with Gasteiger partial charge in [-0.05, 0) is 36.6 Å². The van der Waals surface area contributed by atoms with Gasteiger partial charge in [0.15, 0.2) is 17.3 Å². The average Bonchev–Trinajstić information content (AvgIpc) is 3.06. The second kappa shape index (κ2) is 7.70. The third kappa shape index (κ3) is 3.47. The molecule has 1 N–H and O–H groups in total. The molecule has 0 heterocycles. The molecule has 6 heteroatoms. The second-order valence-corrected chi connectivity index (χ2v) is 6.48. The van der Waals surface area contributed by atoms with Gasteiger partial charge in [0.1, 0.15) is 6.61 Å². The van der Waals surface area contributed by atoms with Crippen molar-refractivity contribution in [2.24, 2.45) is 5.92 Å². The first-order valence-corrected chi connectivity index (χ1v) is 8.74. The smallest absolute Gasteiger partial charge is 0.309 e. The first kappa shape index (κ1) is 18.8. The normalized spacial score (nSPS) is 13.8. The lowest BCUT2D eigenvalue weighted by Gasteiger charge is -2.20. The number of carboxylic acid groups (broad SMARTS) is 1.